The first-order valence-corrected chi connectivity index (χ1v) is 8.50. The van der Waals surface area contributed by atoms with Gasteiger partial charge in [-0.25, -0.2) is 0 Å². The van der Waals surface area contributed by atoms with Crippen LogP contribution in [0.5, 0.6) is 0 Å². The number of halogens is 3. The minimum absolute atomic E-state index is 0. The summed E-state index contributed by atoms with van der Waals surface area (Å²) in [6.45, 7) is 1.94. The summed E-state index contributed by atoms with van der Waals surface area (Å²) in [5, 5.41) is 27.5. The van der Waals surface area contributed by atoms with Crippen molar-refractivity contribution < 1.29 is 10.2 Å². The lowest BCUT2D eigenvalue weighted by atomic mass is 9.95. The van der Waals surface area contributed by atoms with Gasteiger partial charge in [0.25, 0.3) is 0 Å². The van der Waals surface area contributed by atoms with E-state index in [1.807, 2.05) is 42.5 Å². The third-order valence-electron chi connectivity index (χ3n) is 4.42. The van der Waals surface area contributed by atoms with Crippen LogP contribution in [0.4, 0.5) is 0 Å². The quantitative estimate of drug-likeness (QED) is 0.551. The minimum atomic E-state index is -0.758. The highest BCUT2D eigenvalue weighted by Crippen LogP contribution is 2.37. The molecule has 0 heterocycles. The Labute approximate surface area is 163 Å². The average molecular weight is 401 g/mol. The van der Waals surface area contributed by atoms with Crippen LogP contribution in [0.15, 0.2) is 42.5 Å². The first-order chi connectivity index (χ1) is 11.5. The Hall–Kier alpha value is -1.07. The van der Waals surface area contributed by atoms with E-state index >= 15 is 0 Å². The molecule has 0 atom stereocenters. The van der Waals surface area contributed by atoms with Gasteiger partial charge in [0, 0.05) is 22.3 Å². The number of fused-ring (bicyclic) bond motifs is 2. The van der Waals surface area contributed by atoms with Gasteiger partial charge in [0.2, 0.25) is 0 Å². The van der Waals surface area contributed by atoms with Gasteiger partial charge in [0.15, 0.2) is 0 Å². The van der Waals surface area contributed by atoms with E-state index in [1.54, 1.807) is 6.92 Å². The molecule has 0 spiro atoms. The first-order valence-electron chi connectivity index (χ1n) is 7.74. The van der Waals surface area contributed by atoms with Crippen LogP contribution in [-0.2, 0) is 6.54 Å². The molecule has 0 unspecified atom stereocenters. The predicted molar refractivity (Wildman–Crippen MR) is 108 cm³/mol. The van der Waals surface area contributed by atoms with Crippen molar-refractivity contribution >= 4 is 57.2 Å². The van der Waals surface area contributed by atoms with Crippen molar-refractivity contribution in [3.05, 3.63) is 58.1 Å². The molecule has 0 saturated carbocycles. The number of rotatable bonds is 5. The molecule has 3 rings (SSSR count). The molecule has 3 nitrogen and oxygen atoms in total. The van der Waals surface area contributed by atoms with E-state index in [-0.39, 0.29) is 25.6 Å². The van der Waals surface area contributed by atoms with Crippen LogP contribution in [0.2, 0.25) is 10.0 Å². The van der Waals surface area contributed by atoms with E-state index < -0.39 is 5.54 Å². The van der Waals surface area contributed by atoms with E-state index in [0.717, 1.165) is 27.1 Å². The summed E-state index contributed by atoms with van der Waals surface area (Å²) >= 11 is 12.8. The van der Waals surface area contributed by atoms with Crippen molar-refractivity contribution in [3.8, 4) is 0 Å². The van der Waals surface area contributed by atoms with E-state index in [1.165, 1.54) is 0 Å². The molecule has 3 N–H and O–H groups in total. The lowest BCUT2D eigenvalue weighted by molar-refractivity contribution is 0.103. The monoisotopic (exact) mass is 399 g/mol. The zero-order valence-corrected chi connectivity index (χ0v) is 16.0. The second-order valence-corrected chi connectivity index (χ2v) is 7.07. The van der Waals surface area contributed by atoms with Crippen molar-refractivity contribution in [2.45, 2.75) is 19.0 Å². The number of hydrogen-bond acceptors (Lipinski definition) is 3. The fourth-order valence-electron chi connectivity index (χ4n) is 2.84. The molecule has 0 aliphatic heterocycles. The molecule has 0 aromatic heterocycles. The van der Waals surface area contributed by atoms with Crippen molar-refractivity contribution in [2.75, 3.05) is 13.2 Å². The van der Waals surface area contributed by atoms with Gasteiger partial charge in [-0.05, 0) is 35.4 Å². The Morgan fingerprint density at radius 2 is 1.52 bits per heavy atom. The molecule has 6 heteroatoms. The lowest BCUT2D eigenvalue weighted by Gasteiger charge is -2.27. The summed E-state index contributed by atoms with van der Waals surface area (Å²) < 4.78 is 0. The summed E-state index contributed by atoms with van der Waals surface area (Å²) in [4.78, 5) is 0. The minimum Gasteiger partial charge on any atom is -0.394 e. The zero-order chi connectivity index (χ0) is 17.3. The lowest BCUT2D eigenvalue weighted by Crippen LogP contribution is -2.48. The molecule has 134 valence electrons. The molecule has 25 heavy (non-hydrogen) atoms. The van der Waals surface area contributed by atoms with E-state index in [0.29, 0.717) is 16.6 Å². The molecular formula is C19H20Cl3NO2. The Balaban J connectivity index is 0.00000225. The highest BCUT2D eigenvalue weighted by molar-refractivity contribution is 6.41. The molecule has 0 fully saturated rings. The Bertz CT molecular complexity index is 895. The van der Waals surface area contributed by atoms with Crippen LogP contribution < -0.4 is 5.32 Å². The molecule has 3 aromatic rings. The maximum Gasteiger partial charge on any atom is 0.0633 e. The zero-order valence-electron chi connectivity index (χ0n) is 13.7. The molecule has 0 saturated heterocycles. The van der Waals surface area contributed by atoms with Crippen molar-refractivity contribution in [3.63, 3.8) is 0 Å². The van der Waals surface area contributed by atoms with E-state index in [4.69, 9.17) is 23.2 Å². The highest BCUT2D eigenvalue weighted by Gasteiger charge is 2.22. The maximum atomic E-state index is 9.51. The first kappa shape index (κ1) is 20.2. The smallest absolute Gasteiger partial charge is 0.0633 e. The standard InChI is InChI=1S/C19H19Cl2NO2.ClH/c1-19(10-23,11-24)22-9-17-13-4-2-3-5-14(13)18(21)15-7-6-12(20)8-16(15)17;/h2-8,22-24H,9-11H2,1H3;1H. The molecule has 3 aromatic carbocycles. The predicted octanol–water partition coefficient (Wildman–Crippen LogP) is 4.55. The fraction of sp³-hybridized carbons (Fsp3) is 0.263. The third-order valence-corrected chi connectivity index (χ3v) is 5.06. The SMILES string of the molecule is CC(CO)(CO)NCc1c2ccccc2c(Cl)c2ccc(Cl)cc12.Cl. The summed E-state index contributed by atoms with van der Waals surface area (Å²) in [5.74, 6) is 0. The largest absolute Gasteiger partial charge is 0.394 e. The number of aliphatic hydroxyl groups is 2. The summed E-state index contributed by atoms with van der Waals surface area (Å²) in [6.07, 6.45) is 0. The highest BCUT2D eigenvalue weighted by atomic mass is 35.5. The average Bonchev–Trinajstić information content (AvgIpc) is 2.61. The maximum absolute atomic E-state index is 9.51. The van der Waals surface area contributed by atoms with Gasteiger partial charge in [0.1, 0.15) is 0 Å². The van der Waals surface area contributed by atoms with Crippen LogP contribution in [-0.4, -0.2) is 29.0 Å². The van der Waals surface area contributed by atoms with E-state index in [2.05, 4.69) is 5.32 Å². The van der Waals surface area contributed by atoms with Gasteiger partial charge in [-0.2, -0.15) is 0 Å². The topological polar surface area (TPSA) is 52.5 Å². The summed E-state index contributed by atoms with van der Waals surface area (Å²) in [7, 11) is 0. The Morgan fingerprint density at radius 3 is 2.16 bits per heavy atom. The number of hydrogen-bond donors (Lipinski definition) is 3. The Kier molecular flexibility index (Phi) is 6.55. The third kappa shape index (κ3) is 3.87. The number of aliphatic hydroxyl groups excluding tert-OH is 2. The second kappa shape index (κ2) is 8.09. The van der Waals surface area contributed by atoms with Gasteiger partial charge in [0.05, 0.1) is 23.8 Å². The van der Waals surface area contributed by atoms with Gasteiger partial charge in [-0.1, -0.05) is 53.5 Å². The van der Waals surface area contributed by atoms with Crippen LogP contribution >= 0.6 is 35.6 Å². The van der Waals surface area contributed by atoms with Crippen molar-refractivity contribution in [1.29, 1.82) is 0 Å². The summed E-state index contributed by atoms with van der Waals surface area (Å²) in [6, 6.07) is 13.6. The van der Waals surface area contributed by atoms with Crippen LogP contribution in [0.25, 0.3) is 21.5 Å². The molecule has 0 amide bonds. The van der Waals surface area contributed by atoms with Gasteiger partial charge < -0.3 is 15.5 Å². The van der Waals surface area contributed by atoms with Crippen molar-refractivity contribution in [1.82, 2.24) is 5.32 Å². The van der Waals surface area contributed by atoms with E-state index in [9.17, 15) is 10.2 Å². The molecule has 0 radical (unpaired) electrons. The Morgan fingerprint density at radius 1 is 0.920 bits per heavy atom. The number of benzene rings is 3. The van der Waals surface area contributed by atoms with Gasteiger partial charge >= 0.3 is 0 Å². The number of nitrogens with one attached hydrogen (secondary N) is 1. The molecule has 0 aliphatic rings. The second-order valence-electron chi connectivity index (χ2n) is 6.26. The fourth-order valence-corrected chi connectivity index (χ4v) is 3.34. The molecule has 0 aliphatic carbocycles. The van der Waals surface area contributed by atoms with Gasteiger partial charge in [-0.15, -0.1) is 12.4 Å². The van der Waals surface area contributed by atoms with Crippen molar-refractivity contribution in [2.24, 2.45) is 0 Å². The van der Waals surface area contributed by atoms with Crippen LogP contribution in [0.3, 0.4) is 0 Å². The summed E-state index contributed by atoms with van der Waals surface area (Å²) in [5.41, 5.74) is 0.284. The van der Waals surface area contributed by atoms with Crippen LogP contribution in [0.1, 0.15) is 12.5 Å². The van der Waals surface area contributed by atoms with Crippen LogP contribution in [0, 0.1) is 0 Å². The molecular weight excluding hydrogens is 381 g/mol. The van der Waals surface area contributed by atoms with Gasteiger partial charge in [-0.3, -0.25) is 0 Å². The molecule has 0 bridgehead atoms. The normalized spacial score (nSPS) is 11.7.